The highest BCUT2D eigenvalue weighted by atomic mass is 32.2. The maximum absolute atomic E-state index is 11.6. The second kappa shape index (κ2) is 7.25. The van der Waals surface area contributed by atoms with Crippen LogP contribution in [0.2, 0.25) is 0 Å². The summed E-state index contributed by atoms with van der Waals surface area (Å²) in [5, 5.41) is 3.96. The Hall–Kier alpha value is -1.38. The fourth-order valence-electron chi connectivity index (χ4n) is 3.23. The maximum atomic E-state index is 11.6. The molecule has 2 aliphatic heterocycles. The summed E-state index contributed by atoms with van der Waals surface area (Å²) in [6.07, 6.45) is 0.761. The Kier molecular flexibility index (Phi) is 5.27. The van der Waals surface area contributed by atoms with Crippen molar-refractivity contribution in [3.05, 3.63) is 24.3 Å². The second-order valence-corrected chi connectivity index (χ2v) is 8.85. The summed E-state index contributed by atoms with van der Waals surface area (Å²) < 4.78 is 28.4. The molecule has 24 heavy (non-hydrogen) atoms. The third-order valence-corrected chi connectivity index (χ3v) is 6.78. The molecule has 0 amide bonds. The van der Waals surface area contributed by atoms with Crippen molar-refractivity contribution in [3.8, 4) is 5.75 Å². The molecule has 132 valence electrons. The Morgan fingerprint density at radius 3 is 2.42 bits per heavy atom. The molecule has 1 atom stereocenters. The number of piperazine rings is 1. The number of thiocarbonyl (C=S) groups is 1. The van der Waals surface area contributed by atoms with E-state index in [-0.39, 0.29) is 6.04 Å². The summed E-state index contributed by atoms with van der Waals surface area (Å²) in [6.45, 7) is 3.34. The molecule has 0 radical (unpaired) electrons. The monoisotopic (exact) mass is 369 g/mol. The molecule has 0 unspecified atom stereocenters. The predicted octanol–water partition coefficient (Wildman–Crippen LogP) is 1.20. The lowest BCUT2D eigenvalue weighted by Gasteiger charge is -2.38. The van der Waals surface area contributed by atoms with E-state index in [0.29, 0.717) is 16.6 Å². The number of hydrogen-bond acceptors (Lipinski definition) is 5. The van der Waals surface area contributed by atoms with E-state index >= 15 is 0 Å². The summed E-state index contributed by atoms with van der Waals surface area (Å²) in [6, 6.07) is 7.84. The van der Waals surface area contributed by atoms with E-state index in [1.54, 1.807) is 7.11 Å². The SMILES string of the molecule is COc1ccc(NC(=S)N2CCN([C@@H]3CCS(=O)(=O)C3)CC2)cc1. The number of benzene rings is 1. The number of nitrogens with zero attached hydrogens (tertiary/aromatic N) is 2. The van der Waals surface area contributed by atoms with Gasteiger partial charge in [-0.05, 0) is 42.9 Å². The van der Waals surface area contributed by atoms with Crippen LogP contribution in [0.3, 0.4) is 0 Å². The molecule has 1 aromatic rings. The molecule has 8 heteroatoms. The van der Waals surface area contributed by atoms with E-state index in [4.69, 9.17) is 17.0 Å². The number of rotatable bonds is 3. The molecule has 3 rings (SSSR count). The van der Waals surface area contributed by atoms with Crippen molar-refractivity contribution in [2.24, 2.45) is 0 Å². The average molecular weight is 370 g/mol. The van der Waals surface area contributed by atoms with Crippen molar-refractivity contribution < 1.29 is 13.2 Å². The van der Waals surface area contributed by atoms with Crippen LogP contribution in [0.15, 0.2) is 24.3 Å². The molecule has 2 aliphatic rings. The zero-order valence-corrected chi connectivity index (χ0v) is 15.4. The van der Waals surface area contributed by atoms with Gasteiger partial charge in [0.1, 0.15) is 5.75 Å². The molecule has 2 heterocycles. The molecule has 0 bridgehead atoms. The maximum Gasteiger partial charge on any atom is 0.173 e. The molecule has 2 fully saturated rings. The van der Waals surface area contributed by atoms with E-state index in [9.17, 15) is 8.42 Å². The molecule has 0 spiro atoms. The second-order valence-electron chi connectivity index (χ2n) is 6.24. The first-order chi connectivity index (χ1) is 11.5. The van der Waals surface area contributed by atoms with Gasteiger partial charge in [-0.1, -0.05) is 0 Å². The van der Waals surface area contributed by atoms with Gasteiger partial charge in [0, 0.05) is 37.9 Å². The van der Waals surface area contributed by atoms with Crippen LogP contribution in [-0.4, -0.2) is 74.2 Å². The lowest BCUT2D eigenvalue weighted by molar-refractivity contribution is 0.144. The molecule has 6 nitrogen and oxygen atoms in total. The highest BCUT2D eigenvalue weighted by Crippen LogP contribution is 2.20. The van der Waals surface area contributed by atoms with Gasteiger partial charge in [-0.15, -0.1) is 0 Å². The molecule has 0 aromatic heterocycles. The molecular formula is C16H23N3O3S2. The molecular weight excluding hydrogens is 346 g/mol. The largest absolute Gasteiger partial charge is 0.497 e. The van der Waals surface area contributed by atoms with Gasteiger partial charge in [-0.2, -0.15) is 0 Å². The van der Waals surface area contributed by atoms with E-state index < -0.39 is 9.84 Å². The normalized spacial score (nSPS) is 23.9. The van der Waals surface area contributed by atoms with Crippen molar-refractivity contribution in [3.63, 3.8) is 0 Å². The Morgan fingerprint density at radius 2 is 1.88 bits per heavy atom. The van der Waals surface area contributed by atoms with Gasteiger partial charge >= 0.3 is 0 Å². The highest BCUT2D eigenvalue weighted by Gasteiger charge is 2.33. The van der Waals surface area contributed by atoms with Gasteiger partial charge in [0.25, 0.3) is 0 Å². The fraction of sp³-hybridized carbons (Fsp3) is 0.562. The quantitative estimate of drug-likeness (QED) is 0.803. The van der Waals surface area contributed by atoms with Crippen molar-refractivity contribution in [2.75, 3.05) is 50.1 Å². The van der Waals surface area contributed by atoms with Crippen molar-refractivity contribution in [2.45, 2.75) is 12.5 Å². The van der Waals surface area contributed by atoms with Crippen LogP contribution in [0.25, 0.3) is 0 Å². The van der Waals surface area contributed by atoms with E-state index in [1.807, 2.05) is 24.3 Å². The average Bonchev–Trinajstić information content (AvgIpc) is 2.95. The van der Waals surface area contributed by atoms with E-state index in [0.717, 1.165) is 44.0 Å². The lowest BCUT2D eigenvalue weighted by atomic mass is 10.2. The minimum atomic E-state index is -2.82. The van der Waals surface area contributed by atoms with Gasteiger partial charge in [-0.25, -0.2) is 8.42 Å². The summed E-state index contributed by atoms with van der Waals surface area (Å²) in [5.74, 6) is 1.45. The summed E-state index contributed by atoms with van der Waals surface area (Å²) in [4.78, 5) is 4.43. The zero-order chi connectivity index (χ0) is 17.2. The summed E-state index contributed by atoms with van der Waals surface area (Å²) in [7, 11) is -1.18. The van der Waals surface area contributed by atoms with Crippen LogP contribution in [0.1, 0.15) is 6.42 Å². The van der Waals surface area contributed by atoms with Crippen LogP contribution in [0.4, 0.5) is 5.69 Å². The Balaban J connectivity index is 1.49. The third kappa shape index (κ3) is 4.17. The zero-order valence-electron chi connectivity index (χ0n) is 13.8. The number of hydrogen-bond donors (Lipinski definition) is 1. The number of nitrogens with one attached hydrogen (secondary N) is 1. The van der Waals surface area contributed by atoms with E-state index in [1.165, 1.54) is 0 Å². The highest BCUT2D eigenvalue weighted by molar-refractivity contribution is 7.91. The Morgan fingerprint density at radius 1 is 1.21 bits per heavy atom. The van der Waals surface area contributed by atoms with Crippen LogP contribution in [0.5, 0.6) is 5.75 Å². The Bertz CT molecular complexity index is 683. The minimum Gasteiger partial charge on any atom is -0.497 e. The van der Waals surface area contributed by atoms with Gasteiger partial charge in [-0.3, -0.25) is 4.90 Å². The first-order valence-electron chi connectivity index (χ1n) is 8.11. The van der Waals surface area contributed by atoms with Crippen LogP contribution < -0.4 is 10.1 Å². The third-order valence-electron chi connectivity index (χ3n) is 4.67. The van der Waals surface area contributed by atoms with Gasteiger partial charge in [0.15, 0.2) is 14.9 Å². The minimum absolute atomic E-state index is 0.181. The van der Waals surface area contributed by atoms with Crippen molar-refractivity contribution in [1.82, 2.24) is 9.80 Å². The first-order valence-corrected chi connectivity index (χ1v) is 10.3. The van der Waals surface area contributed by atoms with Gasteiger partial charge in [0.05, 0.1) is 18.6 Å². The number of anilines is 1. The van der Waals surface area contributed by atoms with E-state index in [2.05, 4.69) is 15.1 Å². The molecule has 0 saturated carbocycles. The van der Waals surface area contributed by atoms with Crippen LogP contribution >= 0.6 is 12.2 Å². The molecule has 0 aliphatic carbocycles. The lowest BCUT2D eigenvalue weighted by Crippen LogP contribution is -2.53. The standard InChI is InChI=1S/C16H23N3O3S2/c1-22-15-4-2-13(3-5-15)17-16(23)19-9-7-18(8-10-19)14-6-11-24(20,21)12-14/h2-5,14H,6-12H2,1H3,(H,17,23)/t14-/m1/s1. The number of sulfone groups is 1. The predicted molar refractivity (Wildman–Crippen MR) is 99.4 cm³/mol. The Labute approximate surface area is 148 Å². The topological polar surface area (TPSA) is 61.9 Å². The molecule has 1 N–H and O–H groups in total. The molecule has 1 aromatic carbocycles. The van der Waals surface area contributed by atoms with Gasteiger partial charge in [0.2, 0.25) is 0 Å². The first kappa shape index (κ1) is 17.4. The van der Waals surface area contributed by atoms with Crippen molar-refractivity contribution >= 4 is 32.9 Å². The van der Waals surface area contributed by atoms with Gasteiger partial charge < -0.3 is 15.0 Å². The number of methoxy groups -OCH3 is 1. The van der Waals surface area contributed by atoms with Crippen LogP contribution in [0, 0.1) is 0 Å². The smallest absolute Gasteiger partial charge is 0.173 e. The van der Waals surface area contributed by atoms with Crippen LogP contribution in [-0.2, 0) is 9.84 Å². The summed E-state index contributed by atoms with van der Waals surface area (Å²) in [5.41, 5.74) is 0.935. The number of ether oxygens (including phenoxy) is 1. The van der Waals surface area contributed by atoms with Crippen molar-refractivity contribution in [1.29, 1.82) is 0 Å². The summed E-state index contributed by atoms with van der Waals surface area (Å²) >= 11 is 5.50. The molecule has 2 saturated heterocycles. The fourth-order valence-corrected chi connectivity index (χ4v) is 5.29.